The molecule has 0 spiro atoms. The Hall–Kier alpha value is -0.970. The number of fused-ring (bicyclic) bond motifs is 1. The number of hydrogen-bond acceptors (Lipinski definition) is 4. The van der Waals surface area contributed by atoms with Crippen molar-refractivity contribution >= 4 is 21.6 Å². The number of nitrogens with one attached hydrogen (secondary N) is 1. The maximum absolute atomic E-state index is 4.70. The highest BCUT2D eigenvalue weighted by molar-refractivity contribution is 7.18. The summed E-state index contributed by atoms with van der Waals surface area (Å²) in [6.07, 6.45) is 4.01. The van der Waals surface area contributed by atoms with Crippen molar-refractivity contribution in [3.8, 4) is 0 Å². The molecule has 4 heteroatoms. The van der Waals surface area contributed by atoms with Crippen LogP contribution in [0.1, 0.15) is 24.3 Å². The number of piperidine rings is 1. The molecule has 1 N–H and O–H groups in total. The Morgan fingerprint density at radius 1 is 1.37 bits per heavy atom. The molecule has 1 unspecified atom stereocenters. The van der Waals surface area contributed by atoms with Crippen LogP contribution in [0.2, 0.25) is 0 Å². The number of rotatable bonds is 4. The third-order valence-corrected chi connectivity index (χ3v) is 4.71. The van der Waals surface area contributed by atoms with Gasteiger partial charge >= 0.3 is 0 Å². The van der Waals surface area contributed by atoms with Crippen molar-refractivity contribution in [3.63, 3.8) is 0 Å². The molecule has 3 rings (SSSR count). The molecule has 0 radical (unpaired) electrons. The molecule has 0 aliphatic carbocycles. The number of benzene rings is 1. The van der Waals surface area contributed by atoms with Crippen LogP contribution in [0.15, 0.2) is 24.3 Å². The van der Waals surface area contributed by atoms with Gasteiger partial charge in [0.2, 0.25) is 0 Å². The minimum absolute atomic E-state index is 0.660. The van der Waals surface area contributed by atoms with E-state index in [1.54, 1.807) is 0 Å². The molecule has 1 atom stereocenters. The predicted octanol–water partition coefficient (Wildman–Crippen LogP) is 2.87. The van der Waals surface area contributed by atoms with Crippen LogP contribution >= 0.6 is 11.3 Å². The molecule has 102 valence electrons. The first-order chi connectivity index (χ1) is 9.31. The van der Waals surface area contributed by atoms with Crippen molar-refractivity contribution in [2.75, 3.05) is 20.1 Å². The molecule has 1 aliphatic heterocycles. The topological polar surface area (TPSA) is 28.2 Å². The Balaban J connectivity index is 1.60. The van der Waals surface area contributed by atoms with E-state index >= 15 is 0 Å². The molecule has 1 aromatic carbocycles. The van der Waals surface area contributed by atoms with E-state index in [2.05, 4.69) is 41.5 Å². The minimum atomic E-state index is 0.660. The zero-order chi connectivity index (χ0) is 13.1. The van der Waals surface area contributed by atoms with Gasteiger partial charge in [0.25, 0.3) is 0 Å². The lowest BCUT2D eigenvalue weighted by Crippen LogP contribution is -2.42. The fourth-order valence-corrected chi connectivity index (χ4v) is 3.79. The van der Waals surface area contributed by atoms with Gasteiger partial charge < -0.3 is 5.32 Å². The van der Waals surface area contributed by atoms with E-state index in [4.69, 9.17) is 4.98 Å². The van der Waals surface area contributed by atoms with E-state index in [0.29, 0.717) is 6.04 Å². The lowest BCUT2D eigenvalue weighted by atomic mass is 10.0. The van der Waals surface area contributed by atoms with Gasteiger partial charge in [-0.05, 0) is 38.6 Å². The summed E-state index contributed by atoms with van der Waals surface area (Å²) in [7, 11) is 2.20. The second-order valence-electron chi connectivity index (χ2n) is 5.42. The average molecular weight is 275 g/mol. The number of nitrogens with zero attached hydrogens (tertiary/aromatic N) is 2. The Bertz CT molecular complexity index is 498. The quantitative estimate of drug-likeness (QED) is 0.930. The van der Waals surface area contributed by atoms with Crippen molar-refractivity contribution in [1.82, 2.24) is 15.2 Å². The SMILES string of the molecule is CN(Cc1nc2ccccc2s1)CC1CCCCN1. The third-order valence-electron chi connectivity index (χ3n) is 3.69. The van der Waals surface area contributed by atoms with Gasteiger partial charge in [0.05, 0.1) is 16.8 Å². The van der Waals surface area contributed by atoms with Crippen LogP contribution in [0.3, 0.4) is 0 Å². The van der Waals surface area contributed by atoms with Crippen LogP contribution in [0.4, 0.5) is 0 Å². The van der Waals surface area contributed by atoms with Crippen LogP contribution in [0, 0.1) is 0 Å². The van der Waals surface area contributed by atoms with Crippen molar-refractivity contribution in [2.24, 2.45) is 0 Å². The van der Waals surface area contributed by atoms with E-state index < -0.39 is 0 Å². The molecular weight excluding hydrogens is 254 g/mol. The van der Waals surface area contributed by atoms with Crippen molar-refractivity contribution in [2.45, 2.75) is 31.8 Å². The van der Waals surface area contributed by atoms with Gasteiger partial charge in [-0.25, -0.2) is 4.98 Å². The van der Waals surface area contributed by atoms with Gasteiger partial charge in [-0.1, -0.05) is 18.6 Å². The van der Waals surface area contributed by atoms with Gasteiger partial charge in [0.1, 0.15) is 5.01 Å². The van der Waals surface area contributed by atoms with Gasteiger partial charge in [-0.15, -0.1) is 11.3 Å². The minimum Gasteiger partial charge on any atom is -0.313 e. The van der Waals surface area contributed by atoms with Gasteiger partial charge in [0, 0.05) is 12.6 Å². The molecule has 1 fully saturated rings. The second-order valence-corrected chi connectivity index (χ2v) is 6.53. The number of likely N-dealkylation sites (N-methyl/N-ethyl adjacent to an activating group) is 1. The Labute approximate surface area is 118 Å². The maximum atomic E-state index is 4.70. The summed E-state index contributed by atoms with van der Waals surface area (Å²) in [4.78, 5) is 7.09. The van der Waals surface area contributed by atoms with Gasteiger partial charge in [-0.3, -0.25) is 4.90 Å². The van der Waals surface area contributed by atoms with Crippen LogP contribution in [0.5, 0.6) is 0 Å². The highest BCUT2D eigenvalue weighted by Gasteiger charge is 2.15. The molecule has 0 bridgehead atoms. The summed E-state index contributed by atoms with van der Waals surface area (Å²) in [5.41, 5.74) is 1.13. The molecule has 1 aliphatic rings. The van der Waals surface area contributed by atoms with Gasteiger partial charge in [0.15, 0.2) is 0 Å². The zero-order valence-electron chi connectivity index (χ0n) is 11.4. The maximum Gasteiger partial charge on any atom is 0.108 e. The van der Waals surface area contributed by atoms with E-state index in [9.17, 15) is 0 Å². The normalized spacial score (nSPS) is 20.2. The molecule has 0 saturated carbocycles. The van der Waals surface area contributed by atoms with Crippen LogP contribution < -0.4 is 5.32 Å². The smallest absolute Gasteiger partial charge is 0.108 e. The fraction of sp³-hybridized carbons (Fsp3) is 0.533. The summed E-state index contributed by atoms with van der Waals surface area (Å²) < 4.78 is 1.29. The Kier molecular flexibility index (Phi) is 4.11. The zero-order valence-corrected chi connectivity index (χ0v) is 12.2. The van der Waals surface area contributed by atoms with Gasteiger partial charge in [-0.2, -0.15) is 0 Å². The monoisotopic (exact) mass is 275 g/mol. The van der Waals surface area contributed by atoms with Crippen LogP contribution in [0.25, 0.3) is 10.2 Å². The first kappa shape index (κ1) is 13.0. The van der Waals surface area contributed by atoms with Crippen LogP contribution in [-0.2, 0) is 6.54 Å². The second kappa shape index (κ2) is 5.99. The van der Waals surface area contributed by atoms with E-state index in [1.807, 2.05) is 11.3 Å². The lowest BCUT2D eigenvalue weighted by molar-refractivity contribution is 0.256. The van der Waals surface area contributed by atoms with Crippen molar-refractivity contribution < 1.29 is 0 Å². The Morgan fingerprint density at radius 2 is 2.26 bits per heavy atom. The van der Waals surface area contributed by atoms with Crippen molar-refractivity contribution in [3.05, 3.63) is 29.3 Å². The summed E-state index contributed by atoms with van der Waals surface area (Å²) in [6, 6.07) is 9.05. The number of hydrogen-bond donors (Lipinski definition) is 1. The summed E-state index contributed by atoms with van der Waals surface area (Å²) in [5.74, 6) is 0. The molecule has 3 nitrogen and oxygen atoms in total. The number of aromatic nitrogens is 1. The Morgan fingerprint density at radius 3 is 3.05 bits per heavy atom. The van der Waals surface area contributed by atoms with Crippen molar-refractivity contribution in [1.29, 1.82) is 0 Å². The first-order valence-corrected chi connectivity index (χ1v) is 7.89. The first-order valence-electron chi connectivity index (χ1n) is 7.07. The summed E-state index contributed by atoms with van der Waals surface area (Å²) >= 11 is 1.81. The van der Waals surface area contributed by atoms with E-state index in [1.165, 1.54) is 35.5 Å². The molecule has 1 aromatic heterocycles. The van der Waals surface area contributed by atoms with E-state index in [0.717, 1.165) is 18.6 Å². The number of para-hydroxylation sites is 1. The molecule has 2 heterocycles. The molecule has 1 saturated heterocycles. The highest BCUT2D eigenvalue weighted by Crippen LogP contribution is 2.22. The lowest BCUT2D eigenvalue weighted by Gasteiger charge is -2.27. The highest BCUT2D eigenvalue weighted by atomic mass is 32.1. The molecule has 19 heavy (non-hydrogen) atoms. The fourth-order valence-electron chi connectivity index (χ4n) is 2.74. The standard InChI is InChI=1S/C15H21N3S/c1-18(10-12-6-4-5-9-16-12)11-15-17-13-7-2-3-8-14(13)19-15/h2-3,7-8,12,16H,4-6,9-11H2,1H3. The van der Waals surface area contributed by atoms with E-state index in [-0.39, 0.29) is 0 Å². The molecule has 0 amide bonds. The summed E-state index contributed by atoms with van der Waals surface area (Å²) in [5, 5.41) is 4.83. The molecule has 2 aromatic rings. The average Bonchev–Trinajstić information content (AvgIpc) is 2.81. The predicted molar refractivity (Wildman–Crippen MR) is 81.6 cm³/mol. The number of thiazole rings is 1. The molecular formula is C15H21N3S. The third kappa shape index (κ3) is 3.32. The van der Waals surface area contributed by atoms with Crippen LogP contribution in [-0.4, -0.2) is 36.1 Å². The summed E-state index contributed by atoms with van der Waals surface area (Å²) in [6.45, 7) is 3.26. The largest absolute Gasteiger partial charge is 0.313 e.